The molecule has 2 heterocycles. The van der Waals surface area contributed by atoms with Gasteiger partial charge in [0.05, 0.1) is 0 Å². The number of oxazole rings is 1. The molecule has 0 radical (unpaired) electrons. The molecule has 0 saturated heterocycles. The Morgan fingerprint density at radius 3 is 2.67 bits per heavy atom. The molecule has 7 nitrogen and oxygen atoms in total. The molecule has 0 aliphatic heterocycles. The fourth-order valence-electron chi connectivity index (χ4n) is 2.41. The summed E-state index contributed by atoms with van der Waals surface area (Å²) in [6.07, 6.45) is -0.647. The molecule has 0 bridgehead atoms. The van der Waals surface area contributed by atoms with Crippen LogP contribution in [0, 0.1) is 0 Å². The Labute approximate surface area is 158 Å². The summed E-state index contributed by atoms with van der Waals surface area (Å²) in [5.74, 6) is 0.272. The van der Waals surface area contributed by atoms with Gasteiger partial charge in [-0.2, -0.15) is 0 Å². The van der Waals surface area contributed by atoms with Gasteiger partial charge in [-0.15, -0.1) is 10.2 Å². The minimum atomic E-state index is -0.647. The number of nitrogens with zero attached hydrogens (tertiary/aromatic N) is 3. The molecule has 1 atom stereocenters. The highest BCUT2D eigenvalue weighted by Crippen LogP contribution is 2.25. The average Bonchev–Trinajstić information content (AvgIpc) is 3.34. The molecule has 4 aromatic rings. The number of carbonyl (C=O) groups is 1. The molecule has 27 heavy (non-hydrogen) atoms. The van der Waals surface area contributed by atoms with E-state index in [0.29, 0.717) is 16.7 Å². The molecule has 0 N–H and O–H groups in total. The van der Waals surface area contributed by atoms with Crippen molar-refractivity contribution >= 4 is 28.8 Å². The van der Waals surface area contributed by atoms with Crippen LogP contribution in [-0.2, 0) is 9.53 Å². The molecular formula is C19H15N3O4S. The lowest BCUT2D eigenvalue weighted by Crippen LogP contribution is -2.11. The topological polar surface area (TPSA) is 91.2 Å². The summed E-state index contributed by atoms with van der Waals surface area (Å²) in [6, 6.07) is 16.8. The molecule has 4 rings (SSSR count). The summed E-state index contributed by atoms with van der Waals surface area (Å²) in [5.41, 5.74) is 2.24. The molecule has 0 fully saturated rings. The van der Waals surface area contributed by atoms with Gasteiger partial charge in [0.15, 0.2) is 11.7 Å². The van der Waals surface area contributed by atoms with Crippen LogP contribution in [0.25, 0.3) is 22.6 Å². The van der Waals surface area contributed by atoms with Gasteiger partial charge in [0.2, 0.25) is 5.89 Å². The van der Waals surface area contributed by atoms with Crippen LogP contribution < -0.4 is 0 Å². The van der Waals surface area contributed by atoms with Gasteiger partial charge in [-0.05, 0) is 31.2 Å². The van der Waals surface area contributed by atoms with Gasteiger partial charge in [-0.3, -0.25) is 4.79 Å². The minimum Gasteiger partial charge on any atom is -0.452 e. The maximum Gasteiger partial charge on any atom is 0.317 e. The third-order valence-electron chi connectivity index (χ3n) is 3.71. The third-order valence-corrected chi connectivity index (χ3v) is 4.51. The molecule has 2 aromatic carbocycles. The summed E-state index contributed by atoms with van der Waals surface area (Å²) < 4.78 is 16.5. The number of esters is 1. The predicted molar refractivity (Wildman–Crippen MR) is 99.0 cm³/mol. The Kier molecular flexibility index (Phi) is 4.88. The second-order valence-corrected chi connectivity index (χ2v) is 6.61. The van der Waals surface area contributed by atoms with Crippen LogP contribution >= 0.6 is 11.8 Å². The van der Waals surface area contributed by atoms with Crippen molar-refractivity contribution in [3.05, 3.63) is 60.5 Å². The minimum absolute atomic E-state index is 0.0663. The maximum atomic E-state index is 12.1. The normalized spacial score (nSPS) is 12.2. The van der Waals surface area contributed by atoms with Gasteiger partial charge in [0, 0.05) is 5.56 Å². The summed E-state index contributed by atoms with van der Waals surface area (Å²) in [4.78, 5) is 16.4. The molecule has 2 aromatic heterocycles. The van der Waals surface area contributed by atoms with Gasteiger partial charge in [-0.25, -0.2) is 4.98 Å². The average molecular weight is 381 g/mol. The first kappa shape index (κ1) is 17.3. The standard InChI is InChI=1S/C19H15N3O4S/c1-12(17-21-22-18(26-17)13-7-3-2-4-8-13)24-16(23)11-27-19-20-14-9-5-6-10-15(14)25-19/h2-10,12H,11H2,1H3/t12-/m0/s1. The molecular weight excluding hydrogens is 366 g/mol. The van der Waals surface area contributed by atoms with Crippen molar-refractivity contribution in [3.8, 4) is 11.5 Å². The van der Waals surface area contributed by atoms with E-state index in [-0.39, 0.29) is 11.6 Å². The van der Waals surface area contributed by atoms with Crippen molar-refractivity contribution in [2.24, 2.45) is 0 Å². The highest BCUT2D eigenvalue weighted by molar-refractivity contribution is 7.99. The van der Waals surface area contributed by atoms with Gasteiger partial charge < -0.3 is 13.6 Å². The number of carbonyl (C=O) groups excluding carboxylic acids is 1. The fourth-order valence-corrected chi connectivity index (χ4v) is 3.03. The van der Waals surface area contributed by atoms with E-state index < -0.39 is 12.1 Å². The highest BCUT2D eigenvalue weighted by atomic mass is 32.2. The van der Waals surface area contributed by atoms with Crippen molar-refractivity contribution in [2.45, 2.75) is 18.3 Å². The van der Waals surface area contributed by atoms with Crippen molar-refractivity contribution < 1.29 is 18.4 Å². The second-order valence-electron chi connectivity index (χ2n) is 5.68. The first-order valence-electron chi connectivity index (χ1n) is 8.26. The van der Waals surface area contributed by atoms with E-state index >= 15 is 0 Å². The number of fused-ring (bicyclic) bond motifs is 1. The molecule has 136 valence electrons. The maximum absolute atomic E-state index is 12.1. The van der Waals surface area contributed by atoms with Crippen molar-refractivity contribution in [3.63, 3.8) is 0 Å². The Balaban J connectivity index is 1.34. The largest absolute Gasteiger partial charge is 0.452 e. The third kappa shape index (κ3) is 4.01. The molecule has 0 unspecified atom stereocenters. The smallest absolute Gasteiger partial charge is 0.317 e. The number of benzene rings is 2. The Hall–Kier alpha value is -3.13. The number of thioether (sulfide) groups is 1. The highest BCUT2D eigenvalue weighted by Gasteiger charge is 2.19. The van der Waals surface area contributed by atoms with E-state index in [2.05, 4.69) is 15.2 Å². The van der Waals surface area contributed by atoms with E-state index in [1.807, 2.05) is 54.6 Å². The molecule has 8 heteroatoms. The quantitative estimate of drug-likeness (QED) is 0.361. The fraction of sp³-hybridized carbons (Fsp3) is 0.158. The van der Waals surface area contributed by atoms with Gasteiger partial charge in [-0.1, -0.05) is 42.1 Å². The van der Waals surface area contributed by atoms with E-state index in [4.69, 9.17) is 13.6 Å². The number of aromatic nitrogens is 3. The molecule has 0 aliphatic carbocycles. The van der Waals surface area contributed by atoms with Crippen LogP contribution in [0.4, 0.5) is 0 Å². The second kappa shape index (κ2) is 7.63. The Bertz CT molecular complexity index is 1030. The summed E-state index contributed by atoms with van der Waals surface area (Å²) >= 11 is 1.17. The monoisotopic (exact) mass is 381 g/mol. The van der Waals surface area contributed by atoms with Crippen LogP contribution in [0.1, 0.15) is 18.9 Å². The number of para-hydroxylation sites is 2. The van der Waals surface area contributed by atoms with Crippen molar-refractivity contribution in [1.29, 1.82) is 0 Å². The SMILES string of the molecule is C[C@H](OC(=O)CSc1nc2ccccc2o1)c1nnc(-c2ccccc2)o1. The predicted octanol–water partition coefficient (Wildman–Crippen LogP) is 4.27. The molecule has 0 amide bonds. The zero-order chi connectivity index (χ0) is 18.6. The van der Waals surface area contributed by atoms with E-state index in [0.717, 1.165) is 11.1 Å². The Morgan fingerprint density at radius 1 is 1.07 bits per heavy atom. The first-order valence-corrected chi connectivity index (χ1v) is 9.24. The number of hydrogen-bond acceptors (Lipinski definition) is 8. The number of hydrogen-bond donors (Lipinski definition) is 0. The molecule has 0 aliphatic rings. The van der Waals surface area contributed by atoms with E-state index in [9.17, 15) is 4.79 Å². The lowest BCUT2D eigenvalue weighted by molar-refractivity contribution is -0.146. The zero-order valence-corrected chi connectivity index (χ0v) is 15.2. The molecule has 0 spiro atoms. The number of rotatable bonds is 6. The van der Waals surface area contributed by atoms with E-state index in [1.165, 1.54) is 11.8 Å². The summed E-state index contributed by atoms with van der Waals surface area (Å²) in [5, 5.41) is 8.38. The van der Waals surface area contributed by atoms with Crippen LogP contribution in [0.2, 0.25) is 0 Å². The summed E-state index contributed by atoms with van der Waals surface area (Å²) in [7, 11) is 0. The summed E-state index contributed by atoms with van der Waals surface area (Å²) in [6.45, 7) is 1.68. The lowest BCUT2D eigenvalue weighted by atomic mass is 10.2. The van der Waals surface area contributed by atoms with Gasteiger partial charge in [0.25, 0.3) is 11.1 Å². The van der Waals surface area contributed by atoms with Crippen LogP contribution in [0.15, 0.2) is 68.7 Å². The van der Waals surface area contributed by atoms with Crippen LogP contribution in [-0.4, -0.2) is 26.9 Å². The van der Waals surface area contributed by atoms with Gasteiger partial charge >= 0.3 is 5.97 Å². The first-order chi connectivity index (χ1) is 13.2. The Morgan fingerprint density at radius 2 is 1.85 bits per heavy atom. The van der Waals surface area contributed by atoms with Crippen molar-refractivity contribution in [1.82, 2.24) is 15.2 Å². The van der Waals surface area contributed by atoms with Gasteiger partial charge in [0.1, 0.15) is 11.3 Å². The number of ether oxygens (including phenoxy) is 1. The zero-order valence-electron chi connectivity index (χ0n) is 14.4. The van der Waals surface area contributed by atoms with Crippen molar-refractivity contribution in [2.75, 3.05) is 5.75 Å². The van der Waals surface area contributed by atoms with Crippen LogP contribution in [0.5, 0.6) is 0 Å². The molecule has 0 saturated carbocycles. The lowest BCUT2D eigenvalue weighted by Gasteiger charge is -2.08. The van der Waals surface area contributed by atoms with E-state index in [1.54, 1.807) is 6.92 Å². The van der Waals surface area contributed by atoms with Crippen LogP contribution in [0.3, 0.4) is 0 Å².